The van der Waals surface area contributed by atoms with Crippen LogP contribution in [0.5, 0.6) is 0 Å². The van der Waals surface area contributed by atoms with Gasteiger partial charge in [-0.2, -0.15) is 0 Å². The third-order valence-corrected chi connectivity index (χ3v) is 9.04. The molecule has 2 aliphatic carbocycles. The number of carboxylic acid groups (broad SMARTS) is 1. The molecular weight excluding hydrogens is 352 g/mol. The summed E-state index contributed by atoms with van der Waals surface area (Å²) >= 11 is 0. The fraction of sp³-hybridized carbons (Fsp3) is 0.875. The van der Waals surface area contributed by atoms with E-state index >= 15 is 0 Å². The normalized spacial score (nSPS) is 45.3. The summed E-state index contributed by atoms with van der Waals surface area (Å²) in [5.74, 6) is 0.0363. The van der Waals surface area contributed by atoms with Crippen LogP contribution in [0.2, 0.25) is 0 Å². The first-order valence-corrected chi connectivity index (χ1v) is 11.3. The highest BCUT2D eigenvalue weighted by molar-refractivity contribution is 5.70. The van der Waals surface area contributed by atoms with E-state index < -0.39 is 11.9 Å². The highest BCUT2D eigenvalue weighted by atomic mass is 17.2. The van der Waals surface area contributed by atoms with Crippen molar-refractivity contribution >= 4 is 5.97 Å². The monoisotopic (exact) mass is 392 g/mol. The largest absolute Gasteiger partial charge is 0.481 e. The van der Waals surface area contributed by atoms with Gasteiger partial charge in [0.1, 0.15) is 11.7 Å². The number of hydrogen-bond donors (Lipinski definition) is 1. The van der Waals surface area contributed by atoms with Crippen LogP contribution in [0.25, 0.3) is 0 Å². The molecule has 0 bridgehead atoms. The maximum Gasteiger partial charge on any atom is 0.308 e. The molecule has 4 heteroatoms. The Bertz CT molecular complexity index is 606. The lowest BCUT2D eigenvalue weighted by Gasteiger charge is -2.59. The molecule has 3 aliphatic rings. The quantitative estimate of drug-likeness (QED) is 0.450. The van der Waals surface area contributed by atoms with E-state index in [2.05, 4.69) is 34.3 Å². The van der Waals surface area contributed by atoms with Crippen LogP contribution in [0, 0.1) is 28.6 Å². The average molecular weight is 393 g/mol. The molecule has 1 N–H and O–H groups in total. The lowest BCUT2D eigenvalue weighted by molar-refractivity contribution is -0.412. The van der Waals surface area contributed by atoms with Crippen molar-refractivity contribution in [2.45, 2.75) is 104 Å². The van der Waals surface area contributed by atoms with Crippen LogP contribution in [0.1, 0.15) is 92.4 Å². The average Bonchev–Trinajstić information content (AvgIpc) is 2.66. The van der Waals surface area contributed by atoms with Gasteiger partial charge in [-0.15, -0.1) is 0 Å². The summed E-state index contributed by atoms with van der Waals surface area (Å²) < 4.78 is 0. The summed E-state index contributed by atoms with van der Waals surface area (Å²) in [6, 6.07) is 0. The van der Waals surface area contributed by atoms with Gasteiger partial charge in [-0.25, -0.2) is 9.78 Å². The Labute approximate surface area is 171 Å². The van der Waals surface area contributed by atoms with E-state index in [4.69, 9.17) is 9.78 Å². The first kappa shape index (κ1) is 21.8. The van der Waals surface area contributed by atoms with Crippen LogP contribution in [-0.4, -0.2) is 22.8 Å². The van der Waals surface area contributed by atoms with Crippen LogP contribution < -0.4 is 0 Å². The van der Waals surface area contributed by atoms with Crippen molar-refractivity contribution in [1.82, 2.24) is 0 Å². The molecule has 160 valence electrons. The van der Waals surface area contributed by atoms with Gasteiger partial charge in [0.2, 0.25) is 0 Å². The zero-order valence-electron chi connectivity index (χ0n) is 18.6. The topological polar surface area (TPSA) is 55.8 Å². The van der Waals surface area contributed by atoms with Gasteiger partial charge < -0.3 is 5.11 Å². The number of fused-ring (bicyclic) bond motifs is 1. The lowest BCUT2D eigenvalue weighted by atomic mass is 9.46. The second-order valence-electron chi connectivity index (χ2n) is 10.7. The first-order chi connectivity index (χ1) is 13.0. The number of rotatable bonds is 5. The standard InChI is InChI=1S/C24H40O4/c1-16-8-7-9-20-23(16,5)13-10-17(2)24(20,6)15-14-22(4)12-11-19(27-28-22)18(3)21(25)26/h17-20H,1,7-15H2,2-6H3,(H,25,26)/t17-,18+,19-,20-,22-,23-,24+/m1/s1. The zero-order valence-corrected chi connectivity index (χ0v) is 18.6. The van der Waals surface area contributed by atoms with Crippen molar-refractivity contribution in [3.63, 3.8) is 0 Å². The summed E-state index contributed by atoms with van der Waals surface area (Å²) in [5.41, 5.74) is 1.72. The molecule has 4 nitrogen and oxygen atoms in total. The van der Waals surface area contributed by atoms with E-state index in [1.54, 1.807) is 6.92 Å². The van der Waals surface area contributed by atoms with Crippen LogP contribution in [0.3, 0.4) is 0 Å². The minimum absolute atomic E-state index is 0.284. The molecule has 28 heavy (non-hydrogen) atoms. The molecule has 7 atom stereocenters. The maximum atomic E-state index is 11.2. The molecule has 0 aromatic carbocycles. The van der Waals surface area contributed by atoms with Crippen molar-refractivity contribution in [3.05, 3.63) is 12.2 Å². The van der Waals surface area contributed by atoms with E-state index in [9.17, 15) is 9.90 Å². The third-order valence-electron chi connectivity index (χ3n) is 9.04. The fourth-order valence-corrected chi connectivity index (χ4v) is 6.30. The molecule has 3 fully saturated rings. The van der Waals surface area contributed by atoms with Gasteiger partial charge in [0, 0.05) is 0 Å². The second kappa shape index (κ2) is 7.75. The van der Waals surface area contributed by atoms with E-state index in [1.807, 2.05) is 0 Å². The van der Waals surface area contributed by atoms with Gasteiger partial charge in [0.15, 0.2) is 0 Å². The van der Waals surface area contributed by atoms with Gasteiger partial charge in [0.25, 0.3) is 0 Å². The van der Waals surface area contributed by atoms with E-state index in [0.717, 1.165) is 25.7 Å². The summed E-state index contributed by atoms with van der Waals surface area (Å²) in [4.78, 5) is 22.6. The Kier molecular flexibility index (Phi) is 6.05. The molecule has 1 aliphatic heterocycles. The predicted molar refractivity (Wildman–Crippen MR) is 111 cm³/mol. The summed E-state index contributed by atoms with van der Waals surface area (Å²) in [7, 11) is 0. The van der Waals surface area contributed by atoms with E-state index in [1.165, 1.54) is 37.7 Å². The van der Waals surface area contributed by atoms with Crippen molar-refractivity contribution in [3.8, 4) is 0 Å². The molecule has 0 aromatic heterocycles. The highest BCUT2D eigenvalue weighted by Gasteiger charge is 2.54. The van der Waals surface area contributed by atoms with Gasteiger partial charge in [0.05, 0.1) is 5.92 Å². The van der Waals surface area contributed by atoms with Crippen molar-refractivity contribution in [2.24, 2.45) is 28.6 Å². The molecule has 1 saturated heterocycles. The Hall–Kier alpha value is -0.870. The summed E-state index contributed by atoms with van der Waals surface area (Å²) in [5, 5.41) is 9.21. The number of allylic oxidation sites excluding steroid dienone is 1. The molecule has 0 radical (unpaired) electrons. The first-order valence-electron chi connectivity index (χ1n) is 11.3. The van der Waals surface area contributed by atoms with Gasteiger partial charge in [-0.1, -0.05) is 32.9 Å². The molecular formula is C24H40O4. The third kappa shape index (κ3) is 3.79. The predicted octanol–water partition coefficient (Wildman–Crippen LogP) is 6.16. The van der Waals surface area contributed by atoms with Crippen LogP contribution >= 0.6 is 0 Å². The molecule has 0 aromatic rings. The highest BCUT2D eigenvalue weighted by Crippen LogP contribution is 2.63. The Balaban J connectivity index is 1.67. The molecule has 2 saturated carbocycles. The van der Waals surface area contributed by atoms with Gasteiger partial charge >= 0.3 is 5.97 Å². The summed E-state index contributed by atoms with van der Waals surface area (Å²) in [6.07, 6.45) is 9.66. The van der Waals surface area contributed by atoms with Crippen LogP contribution in [0.4, 0.5) is 0 Å². The van der Waals surface area contributed by atoms with Crippen molar-refractivity contribution < 1.29 is 19.7 Å². The minimum Gasteiger partial charge on any atom is -0.481 e. The van der Waals surface area contributed by atoms with Gasteiger partial charge in [-0.3, -0.25) is 4.79 Å². The minimum atomic E-state index is -0.822. The number of aliphatic carboxylic acids is 1. The Morgan fingerprint density at radius 3 is 2.54 bits per heavy atom. The molecule has 0 unspecified atom stereocenters. The summed E-state index contributed by atoms with van der Waals surface area (Å²) in [6.45, 7) is 15.7. The van der Waals surface area contributed by atoms with E-state index in [-0.39, 0.29) is 22.5 Å². The number of carbonyl (C=O) groups is 1. The van der Waals surface area contributed by atoms with Crippen LogP contribution in [0.15, 0.2) is 12.2 Å². The SMILES string of the molecule is C=C1CCC[C@H]2[C@@](C)(CC[C@@]3(C)CC[C@H]([C@H](C)C(=O)O)OO3)[C@H](C)CC[C@]12C. The van der Waals surface area contributed by atoms with Crippen molar-refractivity contribution in [1.29, 1.82) is 0 Å². The number of hydrogen-bond acceptors (Lipinski definition) is 3. The Morgan fingerprint density at radius 2 is 1.93 bits per heavy atom. The van der Waals surface area contributed by atoms with Crippen LogP contribution in [-0.2, 0) is 14.6 Å². The fourth-order valence-electron chi connectivity index (χ4n) is 6.30. The van der Waals surface area contributed by atoms with E-state index in [0.29, 0.717) is 11.8 Å². The molecule has 0 amide bonds. The molecule has 0 spiro atoms. The molecule has 1 heterocycles. The Morgan fingerprint density at radius 1 is 1.21 bits per heavy atom. The lowest BCUT2D eigenvalue weighted by Crippen LogP contribution is -2.51. The maximum absolute atomic E-state index is 11.2. The molecule has 3 rings (SSSR count). The smallest absolute Gasteiger partial charge is 0.308 e. The zero-order chi connectivity index (χ0) is 20.7. The number of carboxylic acids is 1. The van der Waals surface area contributed by atoms with Gasteiger partial charge in [-0.05, 0) is 94.3 Å². The second-order valence-corrected chi connectivity index (χ2v) is 10.7. The van der Waals surface area contributed by atoms with Crippen molar-refractivity contribution in [2.75, 3.05) is 0 Å².